The van der Waals surface area contributed by atoms with Gasteiger partial charge in [-0.15, -0.1) is 0 Å². The van der Waals surface area contributed by atoms with E-state index in [4.69, 9.17) is 0 Å². The van der Waals surface area contributed by atoms with Crippen LogP contribution in [-0.4, -0.2) is 15.6 Å². The van der Waals surface area contributed by atoms with E-state index in [1.807, 2.05) is 6.92 Å². The first kappa shape index (κ1) is 13.4. The van der Waals surface area contributed by atoms with E-state index in [2.05, 4.69) is 5.10 Å². The minimum Gasteiger partial charge on any atom is -0.299 e. The van der Waals surface area contributed by atoms with Gasteiger partial charge < -0.3 is 0 Å². The SMILES string of the molecule is CCn1cc(CC(=O)Cc2cccc(F)c2F)cn1. The number of rotatable bonds is 5. The van der Waals surface area contributed by atoms with Gasteiger partial charge in [0.05, 0.1) is 6.20 Å². The van der Waals surface area contributed by atoms with E-state index in [0.29, 0.717) is 0 Å². The summed E-state index contributed by atoms with van der Waals surface area (Å²) < 4.78 is 28.1. The van der Waals surface area contributed by atoms with Crippen molar-refractivity contribution < 1.29 is 13.6 Å². The largest absolute Gasteiger partial charge is 0.299 e. The minimum atomic E-state index is -0.944. The van der Waals surface area contributed by atoms with Gasteiger partial charge in [-0.3, -0.25) is 9.48 Å². The van der Waals surface area contributed by atoms with Crippen LogP contribution in [0.1, 0.15) is 18.1 Å². The molecule has 0 bridgehead atoms. The Morgan fingerprint density at radius 1 is 1.32 bits per heavy atom. The minimum absolute atomic E-state index is 0.0906. The molecule has 3 nitrogen and oxygen atoms in total. The predicted molar refractivity (Wildman–Crippen MR) is 66.7 cm³/mol. The van der Waals surface area contributed by atoms with E-state index < -0.39 is 11.6 Å². The highest BCUT2D eigenvalue weighted by Crippen LogP contribution is 2.13. The Balaban J connectivity index is 2.03. The molecule has 2 rings (SSSR count). The lowest BCUT2D eigenvalue weighted by molar-refractivity contribution is -0.117. The molecule has 2 aromatic rings. The Kier molecular flexibility index (Phi) is 4.04. The second-order valence-electron chi connectivity index (χ2n) is 4.31. The number of ketones is 1. The van der Waals surface area contributed by atoms with Gasteiger partial charge >= 0.3 is 0 Å². The molecule has 1 aromatic carbocycles. The van der Waals surface area contributed by atoms with E-state index in [-0.39, 0.29) is 24.2 Å². The summed E-state index contributed by atoms with van der Waals surface area (Å²) in [4.78, 5) is 11.8. The highest BCUT2D eigenvalue weighted by molar-refractivity contribution is 5.83. The first-order valence-electron chi connectivity index (χ1n) is 6.06. The van der Waals surface area contributed by atoms with E-state index in [0.717, 1.165) is 18.2 Å². The summed E-state index contributed by atoms with van der Waals surface area (Å²) >= 11 is 0. The molecule has 0 amide bonds. The van der Waals surface area contributed by atoms with Crippen LogP contribution in [0.4, 0.5) is 8.78 Å². The van der Waals surface area contributed by atoms with Gasteiger partial charge in [0.15, 0.2) is 11.6 Å². The van der Waals surface area contributed by atoms with Gasteiger partial charge in [0.2, 0.25) is 0 Å². The molecule has 0 aliphatic rings. The summed E-state index contributed by atoms with van der Waals surface area (Å²) in [5, 5.41) is 4.06. The lowest BCUT2D eigenvalue weighted by atomic mass is 10.0. The molecular formula is C14H14F2N2O. The van der Waals surface area contributed by atoms with Crippen LogP contribution in [0.5, 0.6) is 0 Å². The smallest absolute Gasteiger partial charge is 0.162 e. The van der Waals surface area contributed by atoms with E-state index in [1.54, 1.807) is 17.1 Å². The molecule has 0 N–H and O–H groups in total. The molecular weight excluding hydrogens is 250 g/mol. The van der Waals surface area contributed by atoms with Crippen LogP contribution in [0, 0.1) is 11.6 Å². The molecule has 0 radical (unpaired) electrons. The van der Waals surface area contributed by atoms with Crippen molar-refractivity contribution in [1.29, 1.82) is 0 Å². The van der Waals surface area contributed by atoms with Gasteiger partial charge in [-0.05, 0) is 24.1 Å². The van der Waals surface area contributed by atoms with Crippen LogP contribution in [0.3, 0.4) is 0 Å². The number of hydrogen-bond donors (Lipinski definition) is 0. The zero-order valence-corrected chi connectivity index (χ0v) is 10.6. The van der Waals surface area contributed by atoms with Crippen LogP contribution in [0.25, 0.3) is 0 Å². The van der Waals surface area contributed by atoms with Gasteiger partial charge in [-0.2, -0.15) is 5.10 Å². The second-order valence-corrected chi connectivity index (χ2v) is 4.31. The van der Waals surface area contributed by atoms with E-state index in [1.165, 1.54) is 12.1 Å². The third-order valence-electron chi connectivity index (χ3n) is 2.83. The lowest BCUT2D eigenvalue weighted by Crippen LogP contribution is -2.08. The number of hydrogen-bond acceptors (Lipinski definition) is 2. The van der Waals surface area contributed by atoms with Gasteiger partial charge in [0.1, 0.15) is 5.78 Å². The van der Waals surface area contributed by atoms with Gasteiger partial charge in [-0.25, -0.2) is 8.78 Å². The fourth-order valence-electron chi connectivity index (χ4n) is 1.86. The van der Waals surface area contributed by atoms with Crippen molar-refractivity contribution in [2.24, 2.45) is 0 Å². The van der Waals surface area contributed by atoms with Crippen LogP contribution < -0.4 is 0 Å². The maximum Gasteiger partial charge on any atom is 0.162 e. The van der Waals surface area contributed by atoms with Crippen LogP contribution >= 0.6 is 0 Å². The number of halogens is 2. The molecule has 0 aliphatic heterocycles. The summed E-state index contributed by atoms with van der Waals surface area (Å²) in [6, 6.07) is 3.86. The second kappa shape index (κ2) is 5.73. The Labute approximate surface area is 109 Å². The molecule has 100 valence electrons. The van der Waals surface area contributed by atoms with E-state index in [9.17, 15) is 13.6 Å². The van der Waals surface area contributed by atoms with Crippen molar-refractivity contribution >= 4 is 5.78 Å². The number of aryl methyl sites for hydroxylation is 1. The molecule has 0 atom stereocenters. The van der Waals surface area contributed by atoms with Gasteiger partial charge in [0.25, 0.3) is 0 Å². The maximum absolute atomic E-state index is 13.4. The Hall–Kier alpha value is -2.04. The summed E-state index contributed by atoms with van der Waals surface area (Å²) in [5.41, 5.74) is 0.872. The average Bonchev–Trinajstić information content (AvgIpc) is 2.82. The number of Topliss-reactive ketones (excluding diaryl/α,β-unsaturated/α-hetero) is 1. The Morgan fingerprint density at radius 3 is 2.79 bits per heavy atom. The highest BCUT2D eigenvalue weighted by Gasteiger charge is 2.12. The zero-order valence-electron chi connectivity index (χ0n) is 10.6. The van der Waals surface area contributed by atoms with Crippen molar-refractivity contribution in [2.75, 3.05) is 0 Å². The summed E-state index contributed by atoms with van der Waals surface area (Å²) in [6.07, 6.45) is 3.46. The fourth-order valence-corrected chi connectivity index (χ4v) is 1.86. The van der Waals surface area contributed by atoms with Crippen LogP contribution in [0.2, 0.25) is 0 Å². The first-order valence-corrected chi connectivity index (χ1v) is 6.06. The Morgan fingerprint density at radius 2 is 2.11 bits per heavy atom. The topological polar surface area (TPSA) is 34.9 Å². The fraction of sp³-hybridized carbons (Fsp3) is 0.286. The third kappa shape index (κ3) is 3.24. The zero-order chi connectivity index (χ0) is 13.8. The molecule has 1 heterocycles. The number of carbonyl (C=O) groups is 1. The van der Waals surface area contributed by atoms with Crippen molar-refractivity contribution in [3.05, 3.63) is 53.4 Å². The highest BCUT2D eigenvalue weighted by atomic mass is 19.2. The first-order chi connectivity index (χ1) is 9.10. The number of carbonyl (C=O) groups excluding carboxylic acids is 1. The molecule has 5 heteroatoms. The number of nitrogens with zero attached hydrogens (tertiary/aromatic N) is 2. The molecule has 0 aliphatic carbocycles. The molecule has 0 unspecified atom stereocenters. The number of aromatic nitrogens is 2. The van der Waals surface area contributed by atoms with Crippen molar-refractivity contribution in [2.45, 2.75) is 26.3 Å². The van der Waals surface area contributed by atoms with E-state index >= 15 is 0 Å². The lowest BCUT2D eigenvalue weighted by Gasteiger charge is -2.02. The van der Waals surface area contributed by atoms with Crippen molar-refractivity contribution in [3.8, 4) is 0 Å². The Bertz CT molecular complexity index is 593. The molecule has 0 fully saturated rings. The predicted octanol–water partition coefficient (Wildman–Crippen LogP) is 2.54. The monoisotopic (exact) mass is 264 g/mol. The van der Waals surface area contributed by atoms with Crippen LogP contribution in [-0.2, 0) is 24.2 Å². The summed E-state index contributed by atoms with van der Waals surface area (Å²) in [6.45, 7) is 2.67. The third-order valence-corrected chi connectivity index (χ3v) is 2.83. The molecule has 0 saturated heterocycles. The van der Waals surface area contributed by atoms with Crippen molar-refractivity contribution in [3.63, 3.8) is 0 Å². The summed E-state index contributed by atoms with van der Waals surface area (Å²) in [7, 11) is 0. The normalized spacial score (nSPS) is 10.7. The molecule has 19 heavy (non-hydrogen) atoms. The average molecular weight is 264 g/mol. The van der Waals surface area contributed by atoms with Gasteiger partial charge in [-0.1, -0.05) is 12.1 Å². The molecule has 0 saturated carbocycles. The standard InChI is InChI=1S/C14H14F2N2O/c1-2-18-9-10(8-17-18)6-12(19)7-11-4-3-5-13(15)14(11)16/h3-5,8-9H,2,6-7H2,1H3. The number of benzene rings is 1. The van der Waals surface area contributed by atoms with Gasteiger partial charge in [0, 0.05) is 25.6 Å². The van der Waals surface area contributed by atoms with Crippen molar-refractivity contribution in [1.82, 2.24) is 9.78 Å². The van der Waals surface area contributed by atoms with Crippen LogP contribution in [0.15, 0.2) is 30.6 Å². The maximum atomic E-state index is 13.4. The summed E-state index contributed by atoms with van der Waals surface area (Å²) in [5.74, 6) is -2.04. The quantitative estimate of drug-likeness (QED) is 0.831. The molecule has 1 aromatic heterocycles. The molecule has 0 spiro atoms.